The van der Waals surface area contributed by atoms with E-state index in [1.807, 2.05) is 19.9 Å². The zero-order valence-corrected chi connectivity index (χ0v) is 13.1. The van der Waals surface area contributed by atoms with Gasteiger partial charge in [0.25, 0.3) is 0 Å². The molecular formula is C14H24N2O3S. The summed E-state index contributed by atoms with van der Waals surface area (Å²) in [6.45, 7) is 5.91. The summed E-state index contributed by atoms with van der Waals surface area (Å²) in [5.74, 6) is 0.653. The van der Waals surface area contributed by atoms with Crippen molar-refractivity contribution in [3.8, 4) is 5.75 Å². The highest BCUT2D eigenvalue weighted by Gasteiger charge is 2.22. The highest BCUT2D eigenvalue weighted by molar-refractivity contribution is 7.93. The minimum atomic E-state index is -3.46. The van der Waals surface area contributed by atoms with Gasteiger partial charge >= 0.3 is 0 Å². The van der Waals surface area contributed by atoms with Crippen LogP contribution in [0.4, 0.5) is 5.69 Å². The molecule has 1 aromatic carbocycles. The van der Waals surface area contributed by atoms with Gasteiger partial charge in [0.05, 0.1) is 17.0 Å². The van der Waals surface area contributed by atoms with E-state index in [1.54, 1.807) is 25.1 Å². The third kappa shape index (κ3) is 4.68. The van der Waals surface area contributed by atoms with Crippen molar-refractivity contribution in [2.45, 2.75) is 45.0 Å². The lowest BCUT2D eigenvalue weighted by molar-refractivity contribution is 0.217. The molecule has 0 bridgehead atoms. The van der Waals surface area contributed by atoms with Gasteiger partial charge in [0.2, 0.25) is 10.0 Å². The molecule has 0 radical (unpaired) electrons. The van der Waals surface area contributed by atoms with Gasteiger partial charge in [0.1, 0.15) is 5.75 Å². The van der Waals surface area contributed by atoms with E-state index in [9.17, 15) is 8.42 Å². The monoisotopic (exact) mass is 300 g/mol. The van der Waals surface area contributed by atoms with Crippen LogP contribution >= 0.6 is 0 Å². The highest BCUT2D eigenvalue weighted by Crippen LogP contribution is 2.21. The molecule has 5 nitrogen and oxygen atoms in total. The van der Waals surface area contributed by atoms with E-state index in [4.69, 9.17) is 10.5 Å². The first-order valence-electron chi connectivity index (χ1n) is 6.91. The van der Waals surface area contributed by atoms with Crippen LogP contribution in [0.1, 0.15) is 33.6 Å². The van der Waals surface area contributed by atoms with Crippen molar-refractivity contribution < 1.29 is 13.2 Å². The Balaban J connectivity index is 2.85. The fourth-order valence-electron chi connectivity index (χ4n) is 1.71. The Morgan fingerprint density at radius 3 is 2.55 bits per heavy atom. The Morgan fingerprint density at radius 1 is 1.30 bits per heavy atom. The van der Waals surface area contributed by atoms with Crippen LogP contribution in [0.2, 0.25) is 0 Å². The molecule has 2 unspecified atom stereocenters. The summed E-state index contributed by atoms with van der Waals surface area (Å²) in [5.41, 5.74) is 5.99. The smallest absolute Gasteiger partial charge is 0.236 e. The first-order chi connectivity index (χ1) is 9.42. The molecule has 0 spiro atoms. The highest BCUT2D eigenvalue weighted by atomic mass is 32.2. The lowest BCUT2D eigenvalue weighted by atomic mass is 10.3. The Hall–Kier alpha value is -1.27. The van der Waals surface area contributed by atoms with Gasteiger partial charge in [-0.25, -0.2) is 8.42 Å². The first-order valence-corrected chi connectivity index (χ1v) is 8.46. The van der Waals surface area contributed by atoms with Gasteiger partial charge in [0.15, 0.2) is 0 Å². The van der Waals surface area contributed by atoms with Gasteiger partial charge in [-0.3, -0.25) is 4.72 Å². The molecule has 1 aromatic rings. The Bertz CT molecular complexity index is 513. The zero-order valence-electron chi connectivity index (χ0n) is 12.3. The molecule has 0 saturated heterocycles. The fourth-order valence-corrected chi connectivity index (χ4v) is 3.02. The summed E-state index contributed by atoms with van der Waals surface area (Å²) in [6, 6.07) is 6.96. The summed E-state index contributed by atoms with van der Waals surface area (Å²) in [5, 5.41) is -0.582. The summed E-state index contributed by atoms with van der Waals surface area (Å²) in [6.07, 6.45) is 1.46. The van der Waals surface area contributed by atoms with Crippen LogP contribution in [0.3, 0.4) is 0 Å². The van der Waals surface area contributed by atoms with Crippen molar-refractivity contribution in [3.63, 3.8) is 0 Å². The minimum Gasteiger partial charge on any atom is -0.491 e. The predicted molar refractivity (Wildman–Crippen MR) is 82.5 cm³/mol. The van der Waals surface area contributed by atoms with Crippen LogP contribution in [0.25, 0.3) is 0 Å². The van der Waals surface area contributed by atoms with Crippen molar-refractivity contribution in [2.75, 3.05) is 11.3 Å². The van der Waals surface area contributed by atoms with Crippen LogP contribution in [-0.4, -0.2) is 26.3 Å². The number of rotatable bonds is 8. The summed E-state index contributed by atoms with van der Waals surface area (Å²) in [7, 11) is -3.46. The third-order valence-electron chi connectivity index (χ3n) is 3.16. The fraction of sp³-hybridized carbons (Fsp3) is 0.571. The summed E-state index contributed by atoms with van der Waals surface area (Å²) >= 11 is 0. The molecule has 0 fully saturated rings. The summed E-state index contributed by atoms with van der Waals surface area (Å²) < 4.78 is 32.5. The van der Waals surface area contributed by atoms with Crippen molar-refractivity contribution in [3.05, 3.63) is 24.3 Å². The second-order valence-corrected chi connectivity index (χ2v) is 6.74. The Morgan fingerprint density at radius 2 is 2.00 bits per heavy atom. The molecule has 0 aliphatic rings. The zero-order chi connectivity index (χ0) is 15.2. The van der Waals surface area contributed by atoms with Crippen molar-refractivity contribution in [1.82, 2.24) is 0 Å². The minimum absolute atomic E-state index is 0.0919. The molecule has 0 amide bonds. The largest absolute Gasteiger partial charge is 0.491 e. The maximum absolute atomic E-state index is 12.1. The van der Waals surface area contributed by atoms with Crippen LogP contribution in [0, 0.1) is 0 Å². The third-order valence-corrected chi connectivity index (χ3v) is 5.09. The number of hydrogen-bond acceptors (Lipinski definition) is 4. The number of anilines is 1. The van der Waals surface area contributed by atoms with Gasteiger partial charge in [-0.1, -0.05) is 19.9 Å². The molecule has 2 atom stereocenters. The maximum atomic E-state index is 12.1. The maximum Gasteiger partial charge on any atom is 0.236 e. The molecule has 3 N–H and O–H groups in total. The van der Waals surface area contributed by atoms with Gasteiger partial charge in [0, 0.05) is 12.6 Å². The molecule has 1 rings (SSSR count). The van der Waals surface area contributed by atoms with Crippen molar-refractivity contribution >= 4 is 15.7 Å². The first kappa shape index (κ1) is 16.8. The van der Waals surface area contributed by atoms with Gasteiger partial charge < -0.3 is 10.5 Å². The molecule has 6 heteroatoms. The normalized spacial score (nSPS) is 14.6. The number of nitrogens with one attached hydrogen (secondary N) is 1. The van der Waals surface area contributed by atoms with E-state index in [0.717, 1.165) is 6.42 Å². The van der Waals surface area contributed by atoms with Gasteiger partial charge in [-0.05, 0) is 31.9 Å². The molecular weight excluding hydrogens is 276 g/mol. The number of ether oxygens (including phenoxy) is 1. The lowest BCUT2D eigenvalue weighted by Crippen LogP contribution is -2.33. The number of benzene rings is 1. The topological polar surface area (TPSA) is 81.4 Å². The standard InChI is InChI=1S/C14H24N2O3S/c1-4-11(3)19-13-8-6-7-12(9-13)16-20(17,18)14(5-2)10-15/h6-9,11,14,16H,4-5,10,15H2,1-3H3. The average molecular weight is 300 g/mol. The number of sulfonamides is 1. The average Bonchev–Trinajstić information content (AvgIpc) is 2.39. The predicted octanol–water partition coefficient (Wildman–Crippen LogP) is 2.34. The van der Waals surface area contributed by atoms with E-state index in [0.29, 0.717) is 17.9 Å². The molecule has 0 aliphatic carbocycles. The number of nitrogens with two attached hydrogens (primary N) is 1. The van der Waals surface area contributed by atoms with Gasteiger partial charge in [-0.15, -0.1) is 0 Å². The number of hydrogen-bond donors (Lipinski definition) is 2. The van der Waals surface area contributed by atoms with Crippen LogP contribution in [-0.2, 0) is 10.0 Å². The quantitative estimate of drug-likeness (QED) is 0.772. The van der Waals surface area contributed by atoms with Crippen molar-refractivity contribution in [2.24, 2.45) is 5.73 Å². The molecule has 20 heavy (non-hydrogen) atoms. The Kier molecular flexibility index (Phi) is 6.29. The van der Waals surface area contributed by atoms with E-state index in [-0.39, 0.29) is 12.6 Å². The molecule has 0 aliphatic heterocycles. The Labute approximate surface area is 121 Å². The van der Waals surface area contributed by atoms with E-state index in [2.05, 4.69) is 4.72 Å². The second-order valence-electron chi connectivity index (χ2n) is 4.78. The van der Waals surface area contributed by atoms with Crippen LogP contribution in [0.5, 0.6) is 5.75 Å². The molecule has 0 aromatic heterocycles. The van der Waals surface area contributed by atoms with E-state index >= 15 is 0 Å². The molecule has 0 saturated carbocycles. The summed E-state index contributed by atoms with van der Waals surface area (Å²) in [4.78, 5) is 0. The second kappa shape index (κ2) is 7.50. The van der Waals surface area contributed by atoms with Crippen LogP contribution < -0.4 is 15.2 Å². The molecule has 0 heterocycles. The van der Waals surface area contributed by atoms with E-state index < -0.39 is 15.3 Å². The van der Waals surface area contributed by atoms with Crippen LogP contribution in [0.15, 0.2) is 24.3 Å². The lowest BCUT2D eigenvalue weighted by Gasteiger charge is -2.17. The van der Waals surface area contributed by atoms with Crippen molar-refractivity contribution in [1.29, 1.82) is 0 Å². The van der Waals surface area contributed by atoms with Gasteiger partial charge in [-0.2, -0.15) is 0 Å². The molecule has 114 valence electrons. The van der Waals surface area contributed by atoms with E-state index in [1.165, 1.54) is 0 Å². The SMILES string of the molecule is CCC(C)Oc1cccc(NS(=O)(=O)C(CC)CN)c1.